The number of carbonyl (C=O) groups is 2. The van der Waals surface area contributed by atoms with Crippen LogP contribution in [0.15, 0.2) is 85.5 Å². The third-order valence-corrected chi connectivity index (χ3v) is 5.87. The number of halogens is 5. The minimum absolute atomic E-state index is 0.0658. The lowest BCUT2D eigenvalue weighted by Gasteiger charge is -2.14. The number of nitrogens with zero attached hydrogens (tertiary/aromatic N) is 3. The van der Waals surface area contributed by atoms with Gasteiger partial charge in [-0.25, -0.2) is 9.67 Å². The van der Waals surface area contributed by atoms with Crippen LogP contribution in [0.2, 0.25) is 10.0 Å². The number of nitrogens with one attached hydrogen (secondary N) is 1. The molecule has 4 rings (SSSR count). The van der Waals surface area contributed by atoms with Crippen molar-refractivity contribution in [2.24, 2.45) is 0 Å². The van der Waals surface area contributed by atoms with Crippen LogP contribution in [-0.4, -0.2) is 33.1 Å². The Morgan fingerprint density at radius 2 is 1.73 bits per heavy atom. The molecule has 1 N–H and O–H groups in total. The number of rotatable bonds is 9. The fraction of sp³-hybridized carbons (Fsp3) is 0.0714. The smallest absolute Gasteiger partial charge is 0.416 e. The third-order valence-electron chi connectivity index (χ3n) is 5.31. The zero-order valence-electron chi connectivity index (χ0n) is 20.4. The molecule has 3 aromatic carbocycles. The molecule has 0 spiro atoms. The van der Waals surface area contributed by atoms with Gasteiger partial charge in [-0.2, -0.15) is 18.3 Å². The second-order valence-corrected chi connectivity index (χ2v) is 9.06. The molecule has 7 nitrogen and oxygen atoms in total. The molecule has 1 heterocycles. The molecule has 4 aromatic rings. The number of hydrogen-bond acceptors (Lipinski definition) is 5. The molecule has 0 aliphatic heterocycles. The molecule has 40 heavy (non-hydrogen) atoms. The van der Waals surface area contributed by atoms with E-state index >= 15 is 0 Å². The molecule has 0 radical (unpaired) electrons. The van der Waals surface area contributed by atoms with Crippen LogP contribution in [0, 0.1) is 0 Å². The fourth-order valence-corrected chi connectivity index (χ4v) is 3.92. The molecular formula is C28H19Cl2F3N4O3. The number of aromatic nitrogens is 3. The summed E-state index contributed by atoms with van der Waals surface area (Å²) in [7, 11) is 0. The van der Waals surface area contributed by atoms with E-state index in [0.717, 1.165) is 16.8 Å². The molecule has 0 saturated carbocycles. The number of ketones is 1. The maximum atomic E-state index is 13.4. The van der Waals surface area contributed by atoms with Crippen LogP contribution < -0.4 is 10.1 Å². The minimum Gasteiger partial charge on any atom is -0.483 e. The van der Waals surface area contributed by atoms with E-state index in [0.29, 0.717) is 26.9 Å². The Balaban J connectivity index is 1.41. The number of alkyl halides is 3. The summed E-state index contributed by atoms with van der Waals surface area (Å²) in [5.41, 5.74) is 0.131. The largest absolute Gasteiger partial charge is 0.483 e. The number of amides is 1. The van der Waals surface area contributed by atoms with Crippen LogP contribution in [-0.2, 0) is 15.8 Å². The van der Waals surface area contributed by atoms with Crippen LogP contribution in [0.1, 0.15) is 16.7 Å². The van der Waals surface area contributed by atoms with E-state index in [9.17, 15) is 22.8 Å². The lowest BCUT2D eigenvalue weighted by atomic mass is 10.1. The van der Waals surface area contributed by atoms with Gasteiger partial charge in [0.2, 0.25) is 0 Å². The van der Waals surface area contributed by atoms with Crippen molar-refractivity contribution in [1.29, 1.82) is 0 Å². The van der Waals surface area contributed by atoms with Crippen molar-refractivity contribution in [3.8, 4) is 11.4 Å². The Labute approximate surface area is 236 Å². The van der Waals surface area contributed by atoms with Crippen molar-refractivity contribution in [3.63, 3.8) is 0 Å². The quantitative estimate of drug-likeness (QED) is 0.215. The first-order valence-corrected chi connectivity index (χ1v) is 12.3. The molecular weight excluding hydrogens is 568 g/mol. The van der Waals surface area contributed by atoms with Crippen molar-refractivity contribution < 1.29 is 27.5 Å². The normalized spacial score (nSPS) is 11.7. The van der Waals surface area contributed by atoms with E-state index in [1.54, 1.807) is 48.5 Å². The predicted molar refractivity (Wildman–Crippen MR) is 146 cm³/mol. The first kappa shape index (κ1) is 28.6. The van der Waals surface area contributed by atoms with Gasteiger partial charge in [0.05, 0.1) is 11.3 Å². The summed E-state index contributed by atoms with van der Waals surface area (Å²) >= 11 is 12.0. The van der Waals surface area contributed by atoms with Gasteiger partial charge in [-0.3, -0.25) is 9.59 Å². The number of ether oxygens (including phenoxy) is 1. The minimum atomic E-state index is -4.65. The molecule has 0 bridgehead atoms. The highest BCUT2D eigenvalue weighted by atomic mass is 35.5. The molecule has 0 aliphatic rings. The standard InChI is InChI=1S/C28H19Cl2F3N4O3/c29-21-8-5-18(25(30)13-21)6-9-24(38)10-7-19-3-1-2-4-26(19)40-15-27(39)36-22-11-20(28(31,32)33)12-23(14-22)37-17-34-16-35-37/h1-14,16-17H,15H2,(H,36,39)/b9-6+,10-7+. The zero-order valence-corrected chi connectivity index (χ0v) is 21.9. The summed E-state index contributed by atoms with van der Waals surface area (Å²) in [6.45, 7) is -0.497. The van der Waals surface area contributed by atoms with Crippen LogP contribution in [0.25, 0.3) is 17.8 Å². The molecule has 0 aliphatic carbocycles. The summed E-state index contributed by atoms with van der Waals surface area (Å²) in [4.78, 5) is 28.6. The highest BCUT2D eigenvalue weighted by molar-refractivity contribution is 6.35. The second kappa shape index (κ2) is 12.6. The lowest BCUT2D eigenvalue weighted by Crippen LogP contribution is -2.21. The molecule has 204 valence electrons. The van der Waals surface area contributed by atoms with Crippen LogP contribution in [0.5, 0.6) is 5.75 Å². The molecule has 1 aromatic heterocycles. The number of allylic oxidation sites excluding steroid dienone is 2. The first-order chi connectivity index (χ1) is 19.1. The van der Waals surface area contributed by atoms with Gasteiger partial charge in [0.1, 0.15) is 18.4 Å². The van der Waals surface area contributed by atoms with Gasteiger partial charge in [0.25, 0.3) is 5.91 Å². The van der Waals surface area contributed by atoms with Crippen LogP contribution >= 0.6 is 23.2 Å². The summed E-state index contributed by atoms with van der Waals surface area (Å²) in [5.74, 6) is -0.730. The average Bonchev–Trinajstić information content (AvgIpc) is 3.45. The van der Waals surface area contributed by atoms with Crippen molar-refractivity contribution in [3.05, 3.63) is 112 Å². The van der Waals surface area contributed by atoms with Gasteiger partial charge in [-0.05, 0) is 66.3 Å². The maximum absolute atomic E-state index is 13.4. The Morgan fingerprint density at radius 3 is 2.42 bits per heavy atom. The van der Waals surface area contributed by atoms with E-state index in [1.807, 2.05) is 0 Å². The molecule has 0 saturated heterocycles. The highest BCUT2D eigenvalue weighted by Crippen LogP contribution is 2.33. The summed E-state index contributed by atoms with van der Waals surface area (Å²) in [5, 5.41) is 7.12. The molecule has 1 amide bonds. The van der Waals surface area contributed by atoms with Crippen molar-refractivity contribution in [1.82, 2.24) is 14.8 Å². The molecule has 0 fully saturated rings. The monoisotopic (exact) mass is 586 g/mol. The van der Waals surface area contributed by atoms with Crippen LogP contribution in [0.4, 0.5) is 18.9 Å². The SMILES string of the molecule is O=C(/C=C/c1ccc(Cl)cc1Cl)/C=C/c1ccccc1OCC(=O)Nc1cc(-n2cncn2)cc(C(F)(F)F)c1. The van der Waals surface area contributed by atoms with Crippen molar-refractivity contribution in [2.75, 3.05) is 11.9 Å². The number of carbonyl (C=O) groups excluding carboxylic acids is 2. The molecule has 0 unspecified atom stereocenters. The number of anilines is 1. The Hall–Kier alpha value is -4.41. The average molecular weight is 587 g/mol. The summed E-state index contributed by atoms with van der Waals surface area (Å²) in [6, 6.07) is 14.6. The van der Waals surface area contributed by atoms with Gasteiger partial charge in [-0.15, -0.1) is 0 Å². The number of benzene rings is 3. The van der Waals surface area contributed by atoms with E-state index in [4.69, 9.17) is 27.9 Å². The zero-order chi connectivity index (χ0) is 28.7. The third kappa shape index (κ3) is 7.81. The summed E-state index contributed by atoms with van der Waals surface area (Å²) < 4.78 is 47.0. The number of hydrogen-bond donors (Lipinski definition) is 1. The van der Waals surface area contributed by atoms with Gasteiger partial charge in [0.15, 0.2) is 12.4 Å². The summed E-state index contributed by atoms with van der Waals surface area (Å²) in [6.07, 6.45) is 3.49. The van der Waals surface area contributed by atoms with Crippen molar-refractivity contribution >= 4 is 52.7 Å². The second-order valence-electron chi connectivity index (χ2n) is 8.22. The van der Waals surface area contributed by atoms with Gasteiger partial charge >= 0.3 is 6.18 Å². The van der Waals surface area contributed by atoms with E-state index < -0.39 is 24.3 Å². The molecule has 12 heteroatoms. The molecule has 0 atom stereocenters. The maximum Gasteiger partial charge on any atom is 0.416 e. The predicted octanol–water partition coefficient (Wildman–Crippen LogP) is 6.91. The highest BCUT2D eigenvalue weighted by Gasteiger charge is 2.31. The van der Waals surface area contributed by atoms with E-state index in [1.165, 1.54) is 36.9 Å². The lowest BCUT2D eigenvalue weighted by molar-refractivity contribution is -0.137. The topological polar surface area (TPSA) is 86.1 Å². The van der Waals surface area contributed by atoms with Gasteiger partial charge in [-0.1, -0.05) is 47.5 Å². The Morgan fingerprint density at radius 1 is 0.975 bits per heavy atom. The van der Waals surface area contributed by atoms with E-state index in [-0.39, 0.29) is 17.2 Å². The Bertz CT molecular complexity index is 1590. The van der Waals surface area contributed by atoms with Gasteiger partial charge in [0, 0.05) is 21.3 Å². The van der Waals surface area contributed by atoms with Crippen molar-refractivity contribution in [2.45, 2.75) is 6.18 Å². The van der Waals surface area contributed by atoms with Crippen LogP contribution in [0.3, 0.4) is 0 Å². The fourth-order valence-electron chi connectivity index (χ4n) is 3.45. The van der Waals surface area contributed by atoms with E-state index in [2.05, 4.69) is 15.4 Å². The first-order valence-electron chi connectivity index (χ1n) is 11.5. The Kier molecular flexibility index (Phi) is 9.03. The number of para-hydroxylation sites is 1. The van der Waals surface area contributed by atoms with Gasteiger partial charge < -0.3 is 10.1 Å².